The molecule has 2 rings (SSSR count). The summed E-state index contributed by atoms with van der Waals surface area (Å²) in [6, 6.07) is 5.73. The van der Waals surface area contributed by atoms with Crippen molar-refractivity contribution < 1.29 is 4.79 Å². The van der Waals surface area contributed by atoms with Crippen LogP contribution < -0.4 is 5.73 Å². The van der Waals surface area contributed by atoms with Crippen molar-refractivity contribution in [3.63, 3.8) is 0 Å². The summed E-state index contributed by atoms with van der Waals surface area (Å²) in [4.78, 5) is 22.1. The van der Waals surface area contributed by atoms with Crippen molar-refractivity contribution in [1.82, 2.24) is 24.6 Å². The third-order valence-electron chi connectivity index (χ3n) is 2.85. The van der Waals surface area contributed by atoms with Crippen LogP contribution in [-0.2, 0) is 17.9 Å². The van der Waals surface area contributed by atoms with Gasteiger partial charge in [-0.25, -0.2) is 9.67 Å². The zero-order valence-electron chi connectivity index (χ0n) is 11.6. The van der Waals surface area contributed by atoms with E-state index in [4.69, 9.17) is 5.73 Å². The van der Waals surface area contributed by atoms with Crippen molar-refractivity contribution in [3.8, 4) is 0 Å². The number of nitrogen functional groups attached to an aromatic ring is 1. The van der Waals surface area contributed by atoms with Gasteiger partial charge in [-0.15, -0.1) is 5.10 Å². The minimum atomic E-state index is -0.0458. The summed E-state index contributed by atoms with van der Waals surface area (Å²) in [5.74, 6) is 0.120. The Morgan fingerprint density at radius 2 is 2.20 bits per heavy atom. The van der Waals surface area contributed by atoms with Gasteiger partial charge in [-0.3, -0.25) is 9.78 Å². The van der Waals surface area contributed by atoms with Crippen LogP contribution in [0.1, 0.15) is 19.5 Å². The Morgan fingerprint density at radius 1 is 1.40 bits per heavy atom. The molecule has 0 fully saturated rings. The van der Waals surface area contributed by atoms with Gasteiger partial charge >= 0.3 is 0 Å². The Labute approximate surface area is 117 Å². The highest BCUT2D eigenvalue weighted by Crippen LogP contribution is 2.07. The first-order chi connectivity index (χ1) is 9.56. The summed E-state index contributed by atoms with van der Waals surface area (Å²) in [6.45, 7) is 4.53. The molecule has 2 aromatic rings. The van der Waals surface area contributed by atoms with Gasteiger partial charge in [-0.1, -0.05) is 6.07 Å². The van der Waals surface area contributed by atoms with Crippen LogP contribution >= 0.6 is 0 Å². The van der Waals surface area contributed by atoms with Crippen LogP contribution in [-0.4, -0.2) is 36.6 Å². The summed E-state index contributed by atoms with van der Waals surface area (Å²) < 4.78 is 1.44. The van der Waals surface area contributed by atoms with Gasteiger partial charge in [0.05, 0.1) is 12.2 Å². The molecule has 2 N–H and O–H groups in total. The van der Waals surface area contributed by atoms with Gasteiger partial charge in [-0.05, 0) is 26.0 Å². The quantitative estimate of drug-likeness (QED) is 0.866. The van der Waals surface area contributed by atoms with Gasteiger partial charge in [0.15, 0.2) is 0 Å². The maximum Gasteiger partial charge on any atom is 0.244 e. The number of nitrogens with zero attached hydrogens (tertiary/aromatic N) is 5. The predicted molar refractivity (Wildman–Crippen MR) is 74.4 cm³/mol. The molecule has 0 saturated heterocycles. The molecule has 1 amide bonds. The fraction of sp³-hybridized carbons (Fsp3) is 0.385. The summed E-state index contributed by atoms with van der Waals surface area (Å²) in [7, 11) is 0. The average Bonchev–Trinajstić information content (AvgIpc) is 2.82. The number of carbonyl (C=O) groups excluding carboxylic acids is 1. The number of rotatable bonds is 5. The number of anilines is 1. The number of hydrogen-bond acceptors (Lipinski definition) is 5. The largest absolute Gasteiger partial charge is 0.367 e. The number of carbonyl (C=O) groups is 1. The molecule has 0 aliphatic carbocycles. The van der Waals surface area contributed by atoms with Gasteiger partial charge in [0.2, 0.25) is 11.9 Å². The SMILES string of the molecule is CC(C)N(Cc1ccccn1)C(=O)Cn1cnc(N)n1. The molecule has 0 bridgehead atoms. The third-order valence-corrected chi connectivity index (χ3v) is 2.85. The van der Waals surface area contributed by atoms with Crippen molar-refractivity contribution in [1.29, 1.82) is 0 Å². The summed E-state index contributed by atoms with van der Waals surface area (Å²) in [6.07, 6.45) is 3.17. The zero-order valence-corrected chi connectivity index (χ0v) is 11.6. The lowest BCUT2D eigenvalue weighted by Crippen LogP contribution is -2.38. The van der Waals surface area contributed by atoms with E-state index in [9.17, 15) is 4.79 Å². The number of hydrogen-bond donors (Lipinski definition) is 1. The zero-order chi connectivity index (χ0) is 14.5. The Bertz CT molecular complexity index is 565. The first kappa shape index (κ1) is 14.0. The maximum absolute atomic E-state index is 12.3. The third kappa shape index (κ3) is 3.53. The lowest BCUT2D eigenvalue weighted by Gasteiger charge is -2.26. The fourth-order valence-electron chi connectivity index (χ4n) is 1.84. The minimum Gasteiger partial charge on any atom is -0.367 e. The van der Waals surface area contributed by atoms with Crippen molar-refractivity contribution in [3.05, 3.63) is 36.4 Å². The van der Waals surface area contributed by atoms with Crippen molar-refractivity contribution in [2.75, 3.05) is 5.73 Å². The highest BCUT2D eigenvalue weighted by Gasteiger charge is 2.18. The number of amides is 1. The number of nitrogens with two attached hydrogens (primary N) is 1. The van der Waals surface area contributed by atoms with Gasteiger partial charge < -0.3 is 10.6 Å². The molecule has 0 unspecified atom stereocenters. The van der Waals surface area contributed by atoms with E-state index in [1.54, 1.807) is 11.1 Å². The fourth-order valence-corrected chi connectivity index (χ4v) is 1.84. The molecule has 0 saturated carbocycles. The lowest BCUT2D eigenvalue weighted by molar-refractivity contribution is -0.134. The van der Waals surface area contributed by atoms with Crippen LogP contribution in [0.2, 0.25) is 0 Å². The maximum atomic E-state index is 12.3. The van der Waals surface area contributed by atoms with Crippen LogP contribution in [0, 0.1) is 0 Å². The van der Waals surface area contributed by atoms with E-state index in [0.29, 0.717) is 6.54 Å². The summed E-state index contributed by atoms with van der Waals surface area (Å²) in [5, 5.41) is 3.92. The molecule has 20 heavy (non-hydrogen) atoms. The topological polar surface area (TPSA) is 89.9 Å². The lowest BCUT2D eigenvalue weighted by atomic mass is 10.2. The second-order valence-corrected chi connectivity index (χ2v) is 4.74. The molecule has 2 heterocycles. The highest BCUT2D eigenvalue weighted by atomic mass is 16.2. The van der Waals surface area contributed by atoms with Gasteiger partial charge in [0, 0.05) is 12.2 Å². The Hall–Kier alpha value is -2.44. The second-order valence-electron chi connectivity index (χ2n) is 4.74. The molecule has 0 aliphatic heterocycles. The van der Waals surface area contributed by atoms with E-state index in [0.717, 1.165) is 5.69 Å². The van der Waals surface area contributed by atoms with Gasteiger partial charge in [-0.2, -0.15) is 0 Å². The Morgan fingerprint density at radius 3 is 2.75 bits per heavy atom. The van der Waals surface area contributed by atoms with Crippen molar-refractivity contribution >= 4 is 11.9 Å². The molecule has 0 aliphatic rings. The molecular formula is C13H18N6O. The standard InChI is InChI=1S/C13H18N6O/c1-10(2)19(7-11-5-3-4-6-15-11)12(20)8-18-9-16-13(14)17-18/h3-6,9-10H,7-8H2,1-2H3,(H2,14,17). The van der Waals surface area contributed by atoms with Gasteiger partial charge in [0.25, 0.3) is 0 Å². The van der Waals surface area contributed by atoms with Crippen LogP contribution in [0.5, 0.6) is 0 Å². The van der Waals surface area contributed by atoms with E-state index < -0.39 is 0 Å². The first-order valence-corrected chi connectivity index (χ1v) is 6.40. The van der Waals surface area contributed by atoms with Crippen LogP contribution in [0.25, 0.3) is 0 Å². The van der Waals surface area contributed by atoms with Crippen molar-refractivity contribution in [2.45, 2.75) is 33.0 Å². The smallest absolute Gasteiger partial charge is 0.244 e. The highest BCUT2D eigenvalue weighted by molar-refractivity contribution is 5.76. The molecule has 7 nitrogen and oxygen atoms in total. The number of aromatic nitrogens is 4. The van der Waals surface area contributed by atoms with E-state index in [2.05, 4.69) is 15.1 Å². The van der Waals surface area contributed by atoms with Crippen LogP contribution in [0.15, 0.2) is 30.7 Å². The molecular weight excluding hydrogens is 256 g/mol. The molecule has 2 aromatic heterocycles. The van der Waals surface area contributed by atoms with Crippen molar-refractivity contribution in [2.24, 2.45) is 0 Å². The Kier molecular flexibility index (Phi) is 4.29. The molecule has 0 atom stereocenters. The monoisotopic (exact) mass is 274 g/mol. The van der Waals surface area contributed by atoms with E-state index >= 15 is 0 Å². The van der Waals surface area contributed by atoms with Crippen LogP contribution in [0.3, 0.4) is 0 Å². The minimum absolute atomic E-state index is 0.0458. The average molecular weight is 274 g/mol. The molecule has 106 valence electrons. The Balaban J connectivity index is 2.06. The second kappa shape index (κ2) is 6.14. The van der Waals surface area contributed by atoms with Crippen LogP contribution in [0.4, 0.5) is 5.95 Å². The number of pyridine rings is 1. The van der Waals surface area contributed by atoms with Gasteiger partial charge in [0.1, 0.15) is 12.9 Å². The molecule has 0 radical (unpaired) electrons. The normalized spacial score (nSPS) is 10.8. The summed E-state index contributed by atoms with van der Waals surface area (Å²) >= 11 is 0. The summed E-state index contributed by atoms with van der Waals surface area (Å²) in [5.41, 5.74) is 6.29. The predicted octanol–water partition coefficient (Wildman–Crippen LogP) is 0.693. The first-order valence-electron chi connectivity index (χ1n) is 6.40. The molecule has 0 aromatic carbocycles. The molecule has 0 spiro atoms. The van der Waals surface area contributed by atoms with E-state index in [1.807, 2.05) is 32.0 Å². The molecule has 7 heteroatoms. The van der Waals surface area contributed by atoms with E-state index in [-0.39, 0.29) is 24.4 Å². The van der Waals surface area contributed by atoms with E-state index in [1.165, 1.54) is 11.0 Å².